The molecule has 2 rings (SSSR count). The number of hydrogen-bond donors (Lipinski definition) is 2. The number of rotatable bonds is 6. The highest BCUT2D eigenvalue weighted by Gasteiger charge is 2.38. The second-order valence-electron chi connectivity index (χ2n) is 6.10. The van der Waals surface area contributed by atoms with Gasteiger partial charge in [0.2, 0.25) is 0 Å². The fourth-order valence-electron chi connectivity index (χ4n) is 2.84. The lowest BCUT2D eigenvalue weighted by atomic mass is 9.74. The molecule has 0 saturated heterocycles. The van der Waals surface area contributed by atoms with Crippen LogP contribution in [0.2, 0.25) is 0 Å². The van der Waals surface area contributed by atoms with Crippen molar-refractivity contribution in [2.24, 2.45) is 17.4 Å². The first-order valence-corrected chi connectivity index (χ1v) is 7.77. The lowest BCUT2D eigenvalue weighted by Crippen LogP contribution is -2.55. The SMILES string of the molecule is COc1cccc(C(N)(c2cccc(OC)c2)[C@@H](N)C(C)C)c1. The molecule has 1 atom stereocenters. The Balaban J connectivity index is 2.64. The van der Waals surface area contributed by atoms with E-state index < -0.39 is 5.54 Å². The summed E-state index contributed by atoms with van der Waals surface area (Å²) in [7, 11) is 3.29. The van der Waals surface area contributed by atoms with Gasteiger partial charge in [-0.05, 0) is 41.3 Å². The second kappa shape index (κ2) is 7.02. The van der Waals surface area contributed by atoms with Crippen LogP contribution in [0.25, 0.3) is 0 Å². The molecule has 0 aliphatic rings. The maximum Gasteiger partial charge on any atom is 0.119 e. The maximum atomic E-state index is 6.90. The van der Waals surface area contributed by atoms with Gasteiger partial charge in [0.15, 0.2) is 0 Å². The Bertz CT molecular complexity index is 608. The Morgan fingerprint density at radius 2 is 1.30 bits per heavy atom. The zero-order chi connectivity index (χ0) is 17.0. The summed E-state index contributed by atoms with van der Waals surface area (Å²) in [6, 6.07) is 15.3. The van der Waals surface area contributed by atoms with Gasteiger partial charge >= 0.3 is 0 Å². The number of ether oxygens (including phenoxy) is 2. The molecular formula is C19H26N2O2. The summed E-state index contributed by atoms with van der Waals surface area (Å²) in [6.45, 7) is 4.15. The summed E-state index contributed by atoms with van der Waals surface area (Å²) in [4.78, 5) is 0. The van der Waals surface area contributed by atoms with Crippen molar-refractivity contribution in [1.29, 1.82) is 0 Å². The van der Waals surface area contributed by atoms with E-state index in [1.165, 1.54) is 0 Å². The van der Waals surface area contributed by atoms with E-state index in [1.54, 1.807) is 14.2 Å². The molecule has 0 radical (unpaired) electrons. The Morgan fingerprint density at radius 3 is 1.65 bits per heavy atom. The largest absolute Gasteiger partial charge is 0.497 e. The highest BCUT2D eigenvalue weighted by molar-refractivity contribution is 5.45. The zero-order valence-electron chi connectivity index (χ0n) is 14.2. The Kier molecular flexibility index (Phi) is 5.29. The van der Waals surface area contributed by atoms with E-state index in [4.69, 9.17) is 20.9 Å². The van der Waals surface area contributed by atoms with Crippen LogP contribution in [0.3, 0.4) is 0 Å². The maximum absolute atomic E-state index is 6.90. The van der Waals surface area contributed by atoms with Crippen LogP contribution in [0.5, 0.6) is 11.5 Å². The monoisotopic (exact) mass is 314 g/mol. The highest BCUT2D eigenvalue weighted by Crippen LogP contribution is 2.35. The molecule has 0 aliphatic carbocycles. The molecule has 0 bridgehead atoms. The molecule has 4 N–H and O–H groups in total. The van der Waals surface area contributed by atoms with Crippen molar-refractivity contribution in [1.82, 2.24) is 0 Å². The van der Waals surface area contributed by atoms with Crippen molar-refractivity contribution in [3.05, 3.63) is 59.7 Å². The quantitative estimate of drug-likeness (QED) is 0.860. The lowest BCUT2D eigenvalue weighted by Gasteiger charge is -2.39. The van der Waals surface area contributed by atoms with E-state index in [0.29, 0.717) is 0 Å². The van der Waals surface area contributed by atoms with Crippen LogP contribution in [0.15, 0.2) is 48.5 Å². The number of nitrogens with two attached hydrogens (primary N) is 2. The fraction of sp³-hybridized carbons (Fsp3) is 0.368. The van der Waals surface area contributed by atoms with Crippen LogP contribution in [-0.2, 0) is 5.54 Å². The van der Waals surface area contributed by atoms with Crippen molar-refractivity contribution in [2.75, 3.05) is 14.2 Å². The van der Waals surface area contributed by atoms with E-state index in [2.05, 4.69) is 13.8 Å². The van der Waals surface area contributed by atoms with E-state index >= 15 is 0 Å². The molecule has 0 fully saturated rings. The molecule has 124 valence electrons. The van der Waals surface area contributed by atoms with Crippen LogP contribution in [-0.4, -0.2) is 20.3 Å². The molecular weight excluding hydrogens is 288 g/mol. The molecule has 0 aliphatic heterocycles. The standard InChI is InChI=1S/C19H26N2O2/c1-13(2)18(20)19(21,14-7-5-9-16(11-14)22-3)15-8-6-10-17(12-15)23-4/h5-13,18H,20-21H2,1-4H3/t18-/m0/s1. The van der Waals surface area contributed by atoms with Crippen LogP contribution in [0.4, 0.5) is 0 Å². The van der Waals surface area contributed by atoms with Crippen LogP contribution < -0.4 is 20.9 Å². The molecule has 23 heavy (non-hydrogen) atoms. The predicted octanol–water partition coefficient (Wildman–Crippen LogP) is 2.89. The third kappa shape index (κ3) is 3.33. The van der Waals surface area contributed by atoms with Gasteiger partial charge in [-0.25, -0.2) is 0 Å². The summed E-state index contributed by atoms with van der Waals surface area (Å²) >= 11 is 0. The second-order valence-corrected chi connectivity index (χ2v) is 6.10. The van der Waals surface area contributed by atoms with Gasteiger partial charge in [0.25, 0.3) is 0 Å². The number of hydrogen-bond acceptors (Lipinski definition) is 4. The summed E-state index contributed by atoms with van der Waals surface area (Å²) in [5, 5.41) is 0. The smallest absolute Gasteiger partial charge is 0.119 e. The fourth-order valence-corrected chi connectivity index (χ4v) is 2.84. The first-order valence-electron chi connectivity index (χ1n) is 7.77. The molecule has 0 unspecified atom stereocenters. The first kappa shape index (κ1) is 17.3. The van der Waals surface area contributed by atoms with Crippen molar-refractivity contribution >= 4 is 0 Å². The summed E-state index contributed by atoms with van der Waals surface area (Å²) in [5.41, 5.74) is 14.4. The van der Waals surface area contributed by atoms with Gasteiger partial charge in [0.05, 0.1) is 19.8 Å². The average Bonchev–Trinajstić information content (AvgIpc) is 2.60. The third-order valence-corrected chi connectivity index (χ3v) is 4.34. The Morgan fingerprint density at radius 1 is 0.870 bits per heavy atom. The van der Waals surface area contributed by atoms with Gasteiger partial charge in [0, 0.05) is 6.04 Å². The topological polar surface area (TPSA) is 70.5 Å². The minimum atomic E-state index is -0.836. The van der Waals surface area contributed by atoms with E-state index in [-0.39, 0.29) is 12.0 Å². The van der Waals surface area contributed by atoms with E-state index in [0.717, 1.165) is 22.6 Å². The summed E-state index contributed by atoms with van der Waals surface area (Å²) < 4.78 is 10.7. The average molecular weight is 314 g/mol. The van der Waals surface area contributed by atoms with E-state index in [9.17, 15) is 0 Å². The first-order chi connectivity index (χ1) is 10.9. The minimum Gasteiger partial charge on any atom is -0.497 e. The molecule has 0 saturated carbocycles. The Labute approximate surface area is 138 Å². The van der Waals surface area contributed by atoms with Crippen LogP contribution in [0.1, 0.15) is 25.0 Å². The molecule has 4 nitrogen and oxygen atoms in total. The van der Waals surface area contributed by atoms with E-state index in [1.807, 2.05) is 48.5 Å². The zero-order valence-corrected chi connectivity index (χ0v) is 14.2. The van der Waals surface area contributed by atoms with Crippen LogP contribution >= 0.6 is 0 Å². The predicted molar refractivity (Wildman–Crippen MR) is 93.8 cm³/mol. The van der Waals surface area contributed by atoms with Gasteiger partial charge in [-0.2, -0.15) is 0 Å². The molecule has 2 aromatic rings. The van der Waals surface area contributed by atoms with Crippen LogP contribution in [0, 0.1) is 5.92 Å². The van der Waals surface area contributed by atoms with Crippen molar-refractivity contribution in [3.8, 4) is 11.5 Å². The Hall–Kier alpha value is -2.04. The minimum absolute atomic E-state index is 0.206. The molecule has 0 aromatic heterocycles. The molecule has 0 heterocycles. The van der Waals surface area contributed by atoms with Crippen molar-refractivity contribution in [3.63, 3.8) is 0 Å². The van der Waals surface area contributed by atoms with Crippen molar-refractivity contribution in [2.45, 2.75) is 25.4 Å². The third-order valence-electron chi connectivity index (χ3n) is 4.34. The molecule has 0 spiro atoms. The molecule has 2 aromatic carbocycles. The van der Waals surface area contributed by atoms with Gasteiger partial charge < -0.3 is 20.9 Å². The normalized spacial score (nSPS) is 13.0. The molecule has 0 amide bonds. The summed E-state index contributed by atoms with van der Waals surface area (Å²) in [5.74, 6) is 1.73. The molecule has 4 heteroatoms. The van der Waals surface area contributed by atoms with Gasteiger partial charge in [-0.1, -0.05) is 38.1 Å². The number of methoxy groups -OCH3 is 2. The lowest BCUT2D eigenvalue weighted by molar-refractivity contribution is 0.334. The highest BCUT2D eigenvalue weighted by atomic mass is 16.5. The van der Waals surface area contributed by atoms with Gasteiger partial charge in [-0.3, -0.25) is 0 Å². The van der Waals surface area contributed by atoms with Crippen molar-refractivity contribution < 1.29 is 9.47 Å². The van der Waals surface area contributed by atoms with Gasteiger partial charge in [0.1, 0.15) is 11.5 Å². The van der Waals surface area contributed by atoms with Gasteiger partial charge in [-0.15, -0.1) is 0 Å². The summed E-state index contributed by atoms with van der Waals surface area (Å²) in [6.07, 6.45) is 0. The number of benzene rings is 2.